The van der Waals surface area contributed by atoms with Crippen molar-refractivity contribution in [1.82, 2.24) is 0 Å². The van der Waals surface area contributed by atoms with E-state index in [1.54, 1.807) is 0 Å². The average molecular weight is 176 g/mol. The van der Waals surface area contributed by atoms with E-state index >= 15 is 0 Å². The number of rotatable bonds is 1. The van der Waals surface area contributed by atoms with Crippen LogP contribution in [0.15, 0.2) is 0 Å². The maximum absolute atomic E-state index is 11.0. The van der Waals surface area contributed by atoms with Crippen LogP contribution < -0.4 is 0 Å². The Bertz CT molecular complexity index is 265. The zero-order chi connectivity index (χ0) is 8.11. The van der Waals surface area contributed by atoms with Gasteiger partial charge >= 0.3 is 0 Å². The SMILES string of the molecule is O=S1(=O)CCC(O)(C2CC2)C1. The fourth-order valence-electron chi connectivity index (χ4n) is 1.80. The molecule has 0 radical (unpaired) electrons. The summed E-state index contributed by atoms with van der Waals surface area (Å²) < 4.78 is 22.0. The molecule has 64 valence electrons. The summed E-state index contributed by atoms with van der Waals surface area (Å²) in [6, 6.07) is 0. The Hall–Kier alpha value is -0.0900. The Balaban J connectivity index is 2.19. The highest BCUT2D eigenvalue weighted by Crippen LogP contribution is 2.45. The summed E-state index contributed by atoms with van der Waals surface area (Å²) in [5.41, 5.74) is -0.848. The first kappa shape index (κ1) is 7.55. The van der Waals surface area contributed by atoms with Crippen LogP contribution in [0, 0.1) is 5.92 Å². The van der Waals surface area contributed by atoms with E-state index in [9.17, 15) is 13.5 Å². The summed E-state index contributed by atoms with van der Waals surface area (Å²) >= 11 is 0. The Morgan fingerprint density at radius 1 is 1.36 bits per heavy atom. The van der Waals surface area contributed by atoms with E-state index in [1.807, 2.05) is 0 Å². The van der Waals surface area contributed by atoms with Crippen LogP contribution >= 0.6 is 0 Å². The van der Waals surface area contributed by atoms with Gasteiger partial charge in [-0.2, -0.15) is 0 Å². The van der Waals surface area contributed by atoms with E-state index in [1.165, 1.54) is 0 Å². The van der Waals surface area contributed by atoms with Crippen molar-refractivity contribution in [3.05, 3.63) is 0 Å². The van der Waals surface area contributed by atoms with Crippen molar-refractivity contribution in [1.29, 1.82) is 0 Å². The molecule has 1 saturated heterocycles. The molecule has 1 heterocycles. The van der Waals surface area contributed by atoms with Crippen molar-refractivity contribution in [2.24, 2.45) is 5.92 Å². The molecular formula is C7H12O3S. The minimum Gasteiger partial charge on any atom is -0.389 e. The lowest BCUT2D eigenvalue weighted by Gasteiger charge is -2.18. The van der Waals surface area contributed by atoms with Crippen LogP contribution in [0.1, 0.15) is 19.3 Å². The Kier molecular flexibility index (Phi) is 1.36. The Morgan fingerprint density at radius 3 is 2.36 bits per heavy atom. The molecule has 1 aliphatic carbocycles. The third kappa shape index (κ3) is 1.29. The quantitative estimate of drug-likeness (QED) is 0.609. The lowest BCUT2D eigenvalue weighted by molar-refractivity contribution is 0.0445. The van der Waals surface area contributed by atoms with E-state index in [0.717, 1.165) is 12.8 Å². The number of sulfone groups is 1. The van der Waals surface area contributed by atoms with Crippen molar-refractivity contribution >= 4 is 9.84 Å². The number of hydrogen-bond donors (Lipinski definition) is 1. The maximum atomic E-state index is 11.0. The van der Waals surface area contributed by atoms with Crippen LogP contribution in [0.3, 0.4) is 0 Å². The molecule has 0 aromatic heterocycles. The van der Waals surface area contributed by atoms with Gasteiger partial charge in [0, 0.05) is 0 Å². The van der Waals surface area contributed by atoms with Gasteiger partial charge in [-0.3, -0.25) is 0 Å². The maximum Gasteiger partial charge on any atom is 0.153 e. The van der Waals surface area contributed by atoms with Crippen LogP contribution in [0.25, 0.3) is 0 Å². The summed E-state index contributed by atoms with van der Waals surface area (Å²) in [4.78, 5) is 0. The van der Waals surface area contributed by atoms with Crippen molar-refractivity contribution in [3.8, 4) is 0 Å². The third-order valence-corrected chi connectivity index (χ3v) is 4.42. The topological polar surface area (TPSA) is 54.4 Å². The molecule has 0 spiro atoms. The van der Waals surface area contributed by atoms with Gasteiger partial charge in [0.2, 0.25) is 0 Å². The van der Waals surface area contributed by atoms with Crippen LogP contribution in [0.4, 0.5) is 0 Å². The molecule has 0 amide bonds. The molecular weight excluding hydrogens is 164 g/mol. The van der Waals surface area contributed by atoms with E-state index < -0.39 is 15.4 Å². The second-order valence-electron chi connectivity index (χ2n) is 3.72. The zero-order valence-electron chi connectivity index (χ0n) is 6.28. The fraction of sp³-hybridized carbons (Fsp3) is 1.00. The van der Waals surface area contributed by atoms with Gasteiger partial charge < -0.3 is 5.11 Å². The minimum absolute atomic E-state index is 0.00463. The smallest absolute Gasteiger partial charge is 0.153 e. The first-order chi connectivity index (χ1) is 5.02. The molecule has 1 atom stereocenters. The standard InChI is InChI=1S/C7H12O3S/c8-7(6-1-2-6)3-4-11(9,10)5-7/h6,8H,1-5H2. The van der Waals surface area contributed by atoms with Gasteiger partial charge in [-0.1, -0.05) is 0 Å². The summed E-state index contributed by atoms with van der Waals surface area (Å²) in [6.07, 6.45) is 2.47. The molecule has 1 N–H and O–H groups in total. The minimum atomic E-state index is -2.91. The van der Waals surface area contributed by atoms with Gasteiger partial charge in [-0.05, 0) is 25.2 Å². The van der Waals surface area contributed by atoms with E-state index in [-0.39, 0.29) is 17.4 Å². The van der Waals surface area contributed by atoms with Crippen molar-refractivity contribution in [2.75, 3.05) is 11.5 Å². The summed E-state index contributed by atoms with van der Waals surface area (Å²) in [5.74, 6) is 0.463. The molecule has 4 heteroatoms. The van der Waals surface area contributed by atoms with E-state index in [4.69, 9.17) is 0 Å². The molecule has 0 bridgehead atoms. The lowest BCUT2D eigenvalue weighted by Crippen LogP contribution is -2.32. The molecule has 1 unspecified atom stereocenters. The summed E-state index contributed by atoms with van der Waals surface area (Å²) in [7, 11) is -2.91. The molecule has 11 heavy (non-hydrogen) atoms. The van der Waals surface area contributed by atoms with Gasteiger partial charge in [-0.25, -0.2) is 8.42 Å². The van der Waals surface area contributed by atoms with Crippen molar-refractivity contribution < 1.29 is 13.5 Å². The monoisotopic (exact) mass is 176 g/mol. The molecule has 1 saturated carbocycles. The molecule has 2 fully saturated rings. The zero-order valence-corrected chi connectivity index (χ0v) is 7.10. The first-order valence-electron chi connectivity index (χ1n) is 3.95. The molecule has 3 nitrogen and oxygen atoms in total. The van der Waals surface area contributed by atoms with Crippen LogP contribution in [-0.4, -0.2) is 30.6 Å². The lowest BCUT2D eigenvalue weighted by atomic mass is 9.98. The highest BCUT2D eigenvalue weighted by molar-refractivity contribution is 7.91. The predicted molar refractivity (Wildman–Crippen MR) is 40.9 cm³/mol. The van der Waals surface area contributed by atoms with Gasteiger partial charge in [0.25, 0.3) is 0 Å². The predicted octanol–water partition coefficient (Wildman–Crippen LogP) is -0.0540. The van der Waals surface area contributed by atoms with Crippen LogP contribution in [-0.2, 0) is 9.84 Å². The van der Waals surface area contributed by atoms with Crippen LogP contribution in [0.2, 0.25) is 0 Å². The van der Waals surface area contributed by atoms with Gasteiger partial charge in [-0.15, -0.1) is 0 Å². The molecule has 0 aromatic carbocycles. The molecule has 0 aromatic rings. The summed E-state index contributed by atoms with van der Waals surface area (Å²) in [6.45, 7) is 0. The van der Waals surface area contributed by atoms with Gasteiger partial charge in [0.1, 0.15) is 0 Å². The summed E-state index contributed by atoms with van der Waals surface area (Å²) in [5, 5.41) is 9.79. The van der Waals surface area contributed by atoms with Crippen LogP contribution in [0.5, 0.6) is 0 Å². The first-order valence-corrected chi connectivity index (χ1v) is 5.77. The molecule has 2 rings (SSSR count). The third-order valence-electron chi connectivity index (χ3n) is 2.65. The highest BCUT2D eigenvalue weighted by atomic mass is 32.2. The van der Waals surface area contributed by atoms with Gasteiger partial charge in [0.15, 0.2) is 9.84 Å². The van der Waals surface area contributed by atoms with Crippen molar-refractivity contribution in [3.63, 3.8) is 0 Å². The van der Waals surface area contributed by atoms with Crippen molar-refractivity contribution in [2.45, 2.75) is 24.9 Å². The number of hydrogen-bond acceptors (Lipinski definition) is 3. The second-order valence-corrected chi connectivity index (χ2v) is 5.90. The normalized spacial score (nSPS) is 42.6. The van der Waals surface area contributed by atoms with E-state index in [2.05, 4.69) is 0 Å². The number of aliphatic hydroxyl groups is 1. The Labute approximate surface area is 66.3 Å². The fourth-order valence-corrected chi connectivity index (χ4v) is 3.75. The highest BCUT2D eigenvalue weighted by Gasteiger charge is 2.50. The molecule has 2 aliphatic rings. The molecule has 1 aliphatic heterocycles. The Morgan fingerprint density at radius 2 is 2.00 bits per heavy atom. The largest absolute Gasteiger partial charge is 0.389 e. The second kappa shape index (κ2) is 1.98. The van der Waals surface area contributed by atoms with E-state index in [0.29, 0.717) is 6.42 Å². The average Bonchev–Trinajstić information content (AvgIpc) is 2.61. The van der Waals surface area contributed by atoms with Gasteiger partial charge in [0.05, 0.1) is 17.1 Å².